The molecule has 0 spiro atoms. The normalized spacial score (nSPS) is 11.8. The number of alkyl halides is 3. The van der Waals surface area contributed by atoms with E-state index >= 15 is 0 Å². The highest BCUT2D eigenvalue weighted by Gasteiger charge is 2.38. The van der Waals surface area contributed by atoms with Crippen molar-refractivity contribution < 1.29 is 26.4 Å². The monoisotopic (exact) mass is 359 g/mol. The highest BCUT2D eigenvalue weighted by molar-refractivity contribution is 7.94. The lowest BCUT2D eigenvalue weighted by Gasteiger charge is -2.14. The number of sulfonamides is 1. The van der Waals surface area contributed by atoms with E-state index in [-0.39, 0.29) is 16.5 Å². The molecule has 0 unspecified atom stereocenters. The highest BCUT2D eigenvalue weighted by atomic mass is 32.2. The lowest BCUT2D eigenvalue weighted by Crippen LogP contribution is -2.29. The quantitative estimate of drug-likeness (QED) is 0.904. The molecule has 0 bridgehead atoms. The maximum atomic E-state index is 12.1. The molecule has 1 heterocycles. The molecule has 2 rings (SSSR count). The van der Waals surface area contributed by atoms with Crippen LogP contribution in [0.4, 0.5) is 24.8 Å². The summed E-state index contributed by atoms with van der Waals surface area (Å²) in [5, 5.41) is 1.60. The van der Waals surface area contributed by atoms with E-state index < -0.39 is 22.1 Å². The van der Waals surface area contributed by atoms with Gasteiger partial charge in [0.05, 0.1) is 4.90 Å². The summed E-state index contributed by atoms with van der Waals surface area (Å²) in [5.41, 5.74) is 0.312. The van der Waals surface area contributed by atoms with Crippen LogP contribution in [0, 0.1) is 6.92 Å². The molecule has 24 heavy (non-hydrogen) atoms. The smallest absolute Gasteiger partial charge is 0.366 e. The number of benzene rings is 1. The van der Waals surface area contributed by atoms with Crippen molar-refractivity contribution in [3.8, 4) is 0 Å². The van der Waals surface area contributed by atoms with Crippen molar-refractivity contribution in [1.29, 1.82) is 0 Å². The van der Waals surface area contributed by atoms with Gasteiger partial charge in [0, 0.05) is 11.6 Å². The van der Waals surface area contributed by atoms with Crippen molar-refractivity contribution >= 4 is 27.6 Å². The Morgan fingerprint density at radius 1 is 1.17 bits per heavy atom. The molecule has 0 aliphatic heterocycles. The SMILES string of the molecule is Cc1ccnc([N-]S(=O)(=O)c2ccc(NC(=O)C(F)(F)F)cc2)n1. The van der Waals surface area contributed by atoms with Gasteiger partial charge in [-0.3, -0.25) is 9.52 Å². The van der Waals surface area contributed by atoms with E-state index in [9.17, 15) is 26.4 Å². The maximum Gasteiger partial charge on any atom is 0.471 e. The molecule has 0 saturated heterocycles. The summed E-state index contributed by atoms with van der Waals surface area (Å²) in [6, 6.07) is 5.62. The number of rotatable bonds is 4. The molecular formula is C13H10F3N4O3S-. The molecule has 7 nitrogen and oxygen atoms in total. The fraction of sp³-hybridized carbons (Fsp3) is 0.154. The van der Waals surface area contributed by atoms with Gasteiger partial charge in [0.1, 0.15) is 0 Å². The Morgan fingerprint density at radius 2 is 1.79 bits per heavy atom. The van der Waals surface area contributed by atoms with E-state index in [4.69, 9.17) is 0 Å². The van der Waals surface area contributed by atoms with Gasteiger partial charge in [-0.15, -0.1) is 0 Å². The second-order valence-corrected chi connectivity index (χ2v) is 6.14. The molecule has 1 aromatic carbocycles. The predicted molar refractivity (Wildman–Crippen MR) is 78.1 cm³/mol. The third-order valence-corrected chi connectivity index (χ3v) is 3.92. The first-order valence-corrected chi connectivity index (χ1v) is 7.78. The van der Waals surface area contributed by atoms with E-state index in [1.165, 1.54) is 6.20 Å². The van der Waals surface area contributed by atoms with Gasteiger partial charge in [-0.2, -0.15) is 13.2 Å². The Balaban J connectivity index is 2.16. The Bertz CT molecular complexity index is 852. The summed E-state index contributed by atoms with van der Waals surface area (Å²) in [4.78, 5) is 18.0. The minimum absolute atomic E-state index is 0.205. The van der Waals surface area contributed by atoms with Crippen molar-refractivity contribution in [2.45, 2.75) is 18.0 Å². The Hall–Kier alpha value is -2.69. The van der Waals surface area contributed by atoms with E-state index in [1.54, 1.807) is 18.3 Å². The van der Waals surface area contributed by atoms with Crippen LogP contribution in [0.3, 0.4) is 0 Å². The van der Waals surface area contributed by atoms with Gasteiger partial charge in [0.15, 0.2) is 0 Å². The molecule has 2 aromatic rings. The molecule has 1 N–H and O–H groups in total. The number of hydrogen-bond donors (Lipinski definition) is 1. The lowest BCUT2D eigenvalue weighted by atomic mass is 10.3. The van der Waals surface area contributed by atoms with Gasteiger partial charge in [-0.1, -0.05) is 6.07 Å². The number of nitrogens with one attached hydrogen (secondary N) is 1. The average Bonchev–Trinajstić information content (AvgIpc) is 2.46. The molecule has 0 atom stereocenters. The van der Waals surface area contributed by atoms with Gasteiger partial charge < -0.3 is 15.3 Å². The number of carbonyl (C=O) groups excluding carboxylic acids is 1. The standard InChI is InChI=1S/C13H11F3N4O3S/c1-8-6-7-17-12(18-8)20-24(22,23)10-4-2-9(3-5-10)19-11(21)13(14,15)16/h2-7H,1H3,(H2,17,18,19,20,21)/p-1. The number of aromatic nitrogens is 2. The third kappa shape index (κ3) is 4.41. The Morgan fingerprint density at radius 3 is 2.33 bits per heavy atom. The van der Waals surface area contributed by atoms with Crippen molar-refractivity contribution in [3.63, 3.8) is 0 Å². The summed E-state index contributed by atoms with van der Waals surface area (Å²) in [5.74, 6) is -2.42. The number of nitrogens with zero attached hydrogens (tertiary/aromatic N) is 3. The second-order valence-electron chi connectivity index (χ2n) is 4.54. The number of halogens is 3. The summed E-state index contributed by atoms with van der Waals surface area (Å²) in [6.07, 6.45) is -3.70. The van der Waals surface area contributed by atoms with Crippen LogP contribution in [0.25, 0.3) is 4.72 Å². The van der Waals surface area contributed by atoms with Gasteiger partial charge in [0.25, 0.3) is 0 Å². The first kappa shape index (κ1) is 17.7. The first-order valence-electron chi connectivity index (χ1n) is 6.34. The van der Waals surface area contributed by atoms with Crippen molar-refractivity contribution in [3.05, 3.63) is 46.9 Å². The van der Waals surface area contributed by atoms with E-state index in [0.29, 0.717) is 5.69 Å². The fourth-order valence-electron chi connectivity index (χ4n) is 1.55. The van der Waals surface area contributed by atoms with Crippen LogP contribution in [0.2, 0.25) is 0 Å². The van der Waals surface area contributed by atoms with Crippen LogP contribution in [0.15, 0.2) is 41.4 Å². The molecule has 128 valence electrons. The zero-order valence-electron chi connectivity index (χ0n) is 12.1. The number of aryl methyl sites for hydroxylation is 1. The number of carbonyl (C=O) groups is 1. The third-order valence-electron chi connectivity index (χ3n) is 2.65. The van der Waals surface area contributed by atoms with E-state index in [0.717, 1.165) is 24.3 Å². The van der Waals surface area contributed by atoms with Crippen LogP contribution in [-0.4, -0.2) is 30.5 Å². The summed E-state index contributed by atoms with van der Waals surface area (Å²) < 4.78 is 64.0. The summed E-state index contributed by atoms with van der Waals surface area (Å²) in [7, 11) is -4.14. The Kier molecular flexibility index (Phi) is 4.73. The molecule has 0 radical (unpaired) electrons. The van der Waals surface area contributed by atoms with E-state index in [1.807, 2.05) is 0 Å². The molecule has 11 heteroatoms. The summed E-state index contributed by atoms with van der Waals surface area (Å²) >= 11 is 0. The first-order chi connectivity index (χ1) is 11.1. The lowest BCUT2D eigenvalue weighted by molar-refractivity contribution is -0.167. The highest BCUT2D eigenvalue weighted by Crippen LogP contribution is 2.25. The summed E-state index contributed by atoms with van der Waals surface area (Å²) in [6.45, 7) is 1.63. The molecule has 0 saturated carbocycles. The van der Waals surface area contributed by atoms with Gasteiger partial charge >= 0.3 is 12.1 Å². The minimum Gasteiger partial charge on any atom is -0.366 e. The largest absolute Gasteiger partial charge is 0.471 e. The molecule has 1 aromatic heterocycles. The zero-order chi connectivity index (χ0) is 18.0. The number of amides is 1. The number of anilines is 1. The second kappa shape index (κ2) is 6.43. The van der Waals surface area contributed by atoms with Crippen LogP contribution in [0.1, 0.15) is 5.69 Å². The van der Waals surface area contributed by atoms with Gasteiger partial charge in [-0.25, -0.2) is 8.42 Å². The molecule has 0 fully saturated rings. The van der Waals surface area contributed by atoms with Crippen molar-refractivity contribution in [1.82, 2.24) is 9.97 Å². The van der Waals surface area contributed by atoms with E-state index in [2.05, 4.69) is 14.7 Å². The molecular weight excluding hydrogens is 349 g/mol. The Labute approximate surface area is 135 Å². The molecule has 0 aliphatic rings. The molecule has 1 amide bonds. The topological polar surface area (TPSA) is 103 Å². The molecule has 0 aliphatic carbocycles. The average molecular weight is 359 g/mol. The van der Waals surface area contributed by atoms with Gasteiger partial charge in [0.2, 0.25) is 10.0 Å². The zero-order valence-corrected chi connectivity index (χ0v) is 12.9. The van der Waals surface area contributed by atoms with Crippen LogP contribution in [-0.2, 0) is 14.8 Å². The van der Waals surface area contributed by atoms with Crippen molar-refractivity contribution in [2.75, 3.05) is 5.32 Å². The van der Waals surface area contributed by atoms with Crippen molar-refractivity contribution in [2.24, 2.45) is 0 Å². The maximum absolute atomic E-state index is 12.1. The fourth-order valence-corrected chi connectivity index (χ4v) is 2.44. The van der Waals surface area contributed by atoms with Crippen LogP contribution < -0.4 is 5.32 Å². The number of hydrogen-bond acceptors (Lipinski definition) is 5. The minimum atomic E-state index is -5.04. The van der Waals surface area contributed by atoms with Crippen LogP contribution in [0.5, 0.6) is 0 Å². The van der Waals surface area contributed by atoms with Gasteiger partial charge in [-0.05, 0) is 43.1 Å². The predicted octanol–water partition coefficient (Wildman–Crippen LogP) is 2.68. The van der Waals surface area contributed by atoms with Crippen LogP contribution >= 0.6 is 0 Å².